The molecule has 3 heteroatoms. The molecule has 0 amide bonds. The fraction of sp³-hybridized carbons (Fsp3) is 0.333. The van der Waals surface area contributed by atoms with Crippen LogP contribution in [-0.2, 0) is 0 Å². The third-order valence-electron chi connectivity index (χ3n) is 2.23. The van der Waals surface area contributed by atoms with Crippen molar-refractivity contribution < 1.29 is 8.78 Å². The molecule has 0 atom stereocenters. The normalized spacial score (nSPS) is 12.3. The van der Waals surface area contributed by atoms with E-state index in [1.807, 2.05) is 13.8 Å². The van der Waals surface area contributed by atoms with Gasteiger partial charge in [0.15, 0.2) is 0 Å². The molecule has 0 saturated carbocycles. The first-order valence-corrected chi connectivity index (χ1v) is 5.88. The molecule has 1 aromatic rings. The van der Waals surface area contributed by atoms with Gasteiger partial charge in [0.25, 0.3) is 0 Å². The van der Waals surface area contributed by atoms with Crippen LogP contribution >= 0.6 is 15.9 Å². The Bertz CT molecular complexity index is 350. The van der Waals surface area contributed by atoms with E-state index in [1.165, 1.54) is 18.2 Å². The molecule has 0 saturated heterocycles. The lowest BCUT2D eigenvalue weighted by molar-refractivity contribution is 0.578. The second-order valence-electron chi connectivity index (χ2n) is 3.64. The van der Waals surface area contributed by atoms with E-state index in [1.54, 1.807) is 6.08 Å². The second-order valence-corrected chi connectivity index (χ2v) is 4.20. The van der Waals surface area contributed by atoms with Gasteiger partial charge in [0.05, 0.1) is 0 Å². The van der Waals surface area contributed by atoms with E-state index in [0.29, 0.717) is 5.33 Å². The van der Waals surface area contributed by atoms with Crippen LogP contribution in [0.1, 0.15) is 19.4 Å². The van der Waals surface area contributed by atoms with Gasteiger partial charge in [-0.3, -0.25) is 0 Å². The van der Waals surface area contributed by atoms with Crippen LogP contribution in [0.4, 0.5) is 8.78 Å². The number of hydrogen-bond acceptors (Lipinski definition) is 0. The molecule has 0 nitrogen and oxygen atoms in total. The lowest BCUT2D eigenvalue weighted by Crippen LogP contribution is -1.97. The van der Waals surface area contributed by atoms with Crippen LogP contribution in [0.25, 0.3) is 6.08 Å². The van der Waals surface area contributed by atoms with Gasteiger partial charge in [-0.25, -0.2) is 8.78 Å². The van der Waals surface area contributed by atoms with E-state index in [2.05, 4.69) is 15.9 Å². The molecule has 0 aliphatic heterocycles. The van der Waals surface area contributed by atoms with Crippen molar-refractivity contribution in [1.29, 1.82) is 0 Å². The predicted molar refractivity (Wildman–Crippen MR) is 63.0 cm³/mol. The van der Waals surface area contributed by atoms with Gasteiger partial charge in [0.2, 0.25) is 0 Å². The molecular weight excluding hydrogens is 262 g/mol. The SMILES string of the molecule is CC(C)C(=Cc1c(F)cccc1F)CBr. The second kappa shape index (κ2) is 5.40. The molecule has 0 aliphatic rings. The van der Waals surface area contributed by atoms with Crippen LogP contribution in [-0.4, -0.2) is 5.33 Å². The van der Waals surface area contributed by atoms with Crippen LogP contribution in [0.5, 0.6) is 0 Å². The summed E-state index contributed by atoms with van der Waals surface area (Å²) in [5, 5.41) is 0.623. The van der Waals surface area contributed by atoms with Gasteiger partial charge in [-0.05, 0) is 24.1 Å². The minimum Gasteiger partial charge on any atom is -0.206 e. The third kappa shape index (κ3) is 3.13. The monoisotopic (exact) mass is 274 g/mol. The van der Waals surface area contributed by atoms with E-state index in [0.717, 1.165) is 5.57 Å². The van der Waals surface area contributed by atoms with Crippen molar-refractivity contribution in [1.82, 2.24) is 0 Å². The van der Waals surface area contributed by atoms with E-state index >= 15 is 0 Å². The van der Waals surface area contributed by atoms with Gasteiger partial charge in [-0.2, -0.15) is 0 Å². The number of halogens is 3. The minimum atomic E-state index is -0.519. The zero-order valence-corrected chi connectivity index (χ0v) is 10.3. The molecule has 82 valence electrons. The summed E-state index contributed by atoms with van der Waals surface area (Å²) < 4.78 is 26.6. The summed E-state index contributed by atoms with van der Waals surface area (Å²) in [7, 11) is 0. The molecule has 0 aliphatic carbocycles. The van der Waals surface area contributed by atoms with Gasteiger partial charge in [0, 0.05) is 10.9 Å². The van der Waals surface area contributed by atoms with Gasteiger partial charge in [0.1, 0.15) is 11.6 Å². The number of benzene rings is 1. The molecule has 1 rings (SSSR count). The van der Waals surface area contributed by atoms with E-state index in [-0.39, 0.29) is 11.5 Å². The summed E-state index contributed by atoms with van der Waals surface area (Å²) in [6, 6.07) is 3.90. The zero-order valence-electron chi connectivity index (χ0n) is 8.73. The average Bonchev–Trinajstić information content (AvgIpc) is 2.17. The number of rotatable bonds is 3. The smallest absolute Gasteiger partial charge is 0.133 e. The first-order chi connectivity index (χ1) is 7.06. The summed E-state index contributed by atoms with van der Waals surface area (Å²) in [5.74, 6) is -0.772. The van der Waals surface area contributed by atoms with E-state index < -0.39 is 11.6 Å². The predicted octanol–water partition coefficient (Wildman–Crippen LogP) is 4.40. The Balaban J connectivity index is 3.16. The van der Waals surface area contributed by atoms with Crippen molar-refractivity contribution in [2.75, 3.05) is 5.33 Å². The summed E-state index contributed by atoms with van der Waals surface area (Å²) in [6.07, 6.45) is 1.57. The van der Waals surface area contributed by atoms with Gasteiger partial charge in [-0.15, -0.1) is 0 Å². The van der Waals surface area contributed by atoms with Crippen LogP contribution in [0.3, 0.4) is 0 Å². The fourth-order valence-electron chi connectivity index (χ4n) is 1.19. The molecule has 1 aromatic carbocycles. The molecule has 0 radical (unpaired) electrons. The molecule has 0 spiro atoms. The highest BCUT2D eigenvalue weighted by Gasteiger charge is 2.08. The van der Waals surface area contributed by atoms with Gasteiger partial charge in [-0.1, -0.05) is 41.4 Å². The van der Waals surface area contributed by atoms with Crippen molar-refractivity contribution in [3.05, 3.63) is 41.0 Å². The molecule has 0 aromatic heterocycles. The Morgan fingerprint density at radius 2 is 1.87 bits per heavy atom. The van der Waals surface area contributed by atoms with E-state index in [4.69, 9.17) is 0 Å². The largest absolute Gasteiger partial charge is 0.206 e. The maximum atomic E-state index is 13.3. The maximum absolute atomic E-state index is 13.3. The van der Waals surface area contributed by atoms with E-state index in [9.17, 15) is 8.78 Å². The highest BCUT2D eigenvalue weighted by Crippen LogP contribution is 2.20. The highest BCUT2D eigenvalue weighted by atomic mass is 79.9. The summed E-state index contributed by atoms with van der Waals surface area (Å²) in [6.45, 7) is 3.98. The standard InChI is InChI=1S/C12H13BrF2/c1-8(2)9(7-13)6-10-11(14)4-3-5-12(10)15/h3-6,8H,7H2,1-2H3. The molecular formula is C12H13BrF2. The fourth-order valence-corrected chi connectivity index (χ4v) is 2.00. The molecule has 0 heterocycles. The summed E-state index contributed by atoms with van der Waals surface area (Å²) in [5.41, 5.74) is 1.01. The van der Waals surface area contributed by atoms with Crippen LogP contribution in [0.15, 0.2) is 23.8 Å². The zero-order chi connectivity index (χ0) is 11.4. The Labute approximate surface area is 97.1 Å². The molecule has 0 unspecified atom stereocenters. The van der Waals surface area contributed by atoms with Gasteiger partial charge < -0.3 is 0 Å². The van der Waals surface area contributed by atoms with Gasteiger partial charge >= 0.3 is 0 Å². The quantitative estimate of drug-likeness (QED) is 0.717. The Morgan fingerprint density at radius 1 is 1.33 bits per heavy atom. The maximum Gasteiger partial charge on any atom is 0.133 e. The minimum absolute atomic E-state index is 0.0423. The third-order valence-corrected chi connectivity index (χ3v) is 2.87. The van der Waals surface area contributed by atoms with Crippen molar-refractivity contribution in [3.63, 3.8) is 0 Å². The number of hydrogen-bond donors (Lipinski definition) is 0. The lowest BCUT2D eigenvalue weighted by atomic mass is 10.0. The summed E-state index contributed by atoms with van der Waals surface area (Å²) >= 11 is 3.31. The Morgan fingerprint density at radius 3 is 2.27 bits per heavy atom. The van der Waals surface area contributed by atoms with Crippen LogP contribution in [0, 0.1) is 17.6 Å². The topological polar surface area (TPSA) is 0 Å². The summed E-state index contributed by atoms with van der Waals surface area (Å²) in [4.78, 5) is 0. The lowest BCUT2D eigenvalue weighted by Gasteiger charge is -2.08. The highest BCUT2D eigenvalue weighted by molar-refractivity contribution is 9.09. The molecule has 0 bridgehead atoms. The first-order valence-electron chi connectivity index (χ1n) is 4.76. The Hall–Kier alpha value is -0.700. The van der Waals surface area contributed by atoms with Crippen molar-refractivity contribution in [2.45, 2.75) is 13.8 Å². The van der Waals surface area contributed by atoms with Crippen LogP contribution < -0.4 is 0 Å². The number of allylic oxidation sites excluding steroid dienone is 1. The average molecular weight is 275 g/mol. The molecule has 0 N–H and O–H groups in total. The first kappa shape index (κ1) is 12.4. The molecule has 15 heavy (non-hydrogen) atoms. The van der Waals surface area contributed by atoms with Crippen molar-refractivity contribution in [2.24, 2.45) is 5.92 Å². The van der Waals surface area contributed by atoms with Crippen molar-refractivity contribution >= 4 is 22.0 Å². The van der Waals surface area contributed by atoms with Crippen molar-refractivity contribution in [3.8, 4) is 0 Å². The Kier molecular flexibility index (Phi) is 4.45. The van der Waals surface area contributed by atoms with Crippen LogP contribution in [0.2, 0.25) is 0 Å². The molecule has 0 fully saturated rings. The number of alkyl halides is 1.